The van der Waals surface area contributed by atoms with Crippen molar-refractivity contribution in [3.8, 4) is 0 Å². The molecule has 1 aliphatic heterocycles. The smallest absolute Gasteiger partial charge is 0.253 e. The van der Waals surface area contributed by atoms with E-state index in [1.165, 1.54) is 0 Å². The minimum atomic E-state index is -0.378. The lowest BCUT2D eigenvalue weighted by Crippen LogP contribution is -2.31. The molecule has 1 saturated heterocycles. The third-order valence-electron chi connectivity index (χ3n) is 3.34. The quantitative estimate of drug-likeness (QED) is 0.498. The van der Waals surface area contributed by atoms with Crippen molar-refractivity contribution < 1.29 is 14.7 Å². The van der Waals surface area contributed by atoms with Gasteiger partial charge in [-0.2, -0.15) is 0 Å². The van der Waals surface area contributed by atoms with Crippen molar-refractivity contribution in [2.75, 3.05) is 11.9 Å². The standard InChI is InChI=1S/C14H18N2O3/c1-9-6-7-19-13(9)14(17)15-12-5-3-4-11(8-12)10(2)16-18/h3-5,8-9,13,18H,6-7H2,1-2H3,(H,15,17)/b16-10+. The molecule has 0 spiro atoms. The topological polar surface area (TPSA) is 70.9 Å². The lowest BCUT2D eigenvalue weighted by atomic mass is 10.0. The summed E-state index contributed by atoms with van der Waals surface area (Å²) in [7, 11) is 0. The lowest BCUT2D eigenvalue weighted by Gasteiger charge is -2.14. The summed E-state index contributed by atoms with van der Waals surface area (Å²) in [4.78, 5) is 12.1. The Morgan fingerprint density at radius 2 is 2.32 bits per heavy atom. The first-order chi connectivity index (χ1) is 9.11. The van der Waals surface area contributed by atoms with Crippen LogP contribution in [0.2, 0.25) is 0 Å². The van der Waals surface area contributed by atoms with E-state index >= 15 is 0 Å². The van der Waals surface area contributed by atoms with Crippen LogP contribution in [-0.2, 0) is 9.53 Å². The third kappa shape index (κ3) is 3.12. The molecule has 0 aliphatic carbocycles. The van der Waals surface area contributed by atoms with Gasteiger partial charge in [-0.05, 0) is 31.4 Å². The second-order valence-corrected chi connectivity index (χ2v) is 4.81. The van der Waals surface area contributed by atoms with Gasteiger partial charge in [0, 0.05) is 17.9 Å². The highest BCUT2D eigenvalue weighted by molar-refractivity contribution is 6.00. The number of ether oxygens (including phenoxy) is 1. The molecule has 2 rings (SSSR count). The van der Waals surface area contributed by atoms with Gasteiger partial charge in [0.15, 0.2) is 0 Å². The fraction of sp³-hybridized carbons (Fsp3) is 0.429. The number of anilines is 1. The molecule has 1 aromatic rings. The summed E-state index contributed by atoms with van der Waals surface area (Å²) in [5.74, 6) is 0.115. The van der Waals surface area contributed by atoms with Gasteiger partial charge < -0.3 is 15.3 Å². The SMILES string of the molecule is C/C(=N\O)c1cccc(NC(=O)C2OCCC2C)c1. The van der Waals surface area contributed by atoms with Crippen molar-refractivity contribution in [2.24, 2.45) is 11.1 Å². The second kappa shape index (κ2) is 5.84. The van der Waals surface area contributed by atoms with Crippen LogP contribution in [0.25, 0.3) is 0 Å². The Morgan fingerprint density at radius 3 is 2.95 bits per heavy atom. The summed E-state index contributed by atoms with van der Waals surface area (Å²) >= 11 is 0. The molecule has 0 saturated carbocycles. The van der Waals surface area contributed by atoms with E-state index in [4.69, 9.17) is 9.94 Å². The van der Waals surface area contributed by atoms with E-state index in [0.717, 1.165) is 12.0 Å². The van der Waals surface area contributed by atoms with Gasteiger partial charge in [0.25, 0.3) is 5.91 Å². The van der Waals surface area contributed by atoms with Crippen LogP contribution in [0.4, 0.5) is 5.69 Å². The maximum atomic E-state index is 12.1. The number of benzene rings is 1. The largest absolute Gasteiger partial charge is 0.411 e. The highest BCUT2D eigenvalue weighted by atomic mass is 16.5. The van der Waals surface area contributed by atoms with Crippen LogP contribution in [0.1, 0.15) is 25.8 Å². The van der Waals surface area contributed by atoms with E-state index in [-0.39, 0.29) is 17.9 Å². The predicted molar refractivity (Wildman–Crippen MR) is 72.6 cm³/mol. The molecule has 0 aromatic heterocycles. The molecular weight excluding hydrogens is 244 g/mol. The zero-order chi connectivity index (χ0) is 13.8. The molecule has 5 heteroatoms. The Bertz CT molecular complexity index is 499. The highest BCUT2D eigenvalue weighted by Gasteiger charge is 2.30. The van der Waals surface area contributed by atoms with Crippen LogP contribution >= 0.6 is 0 Å². The second-order valence-electron chi connectivity index (χ2n) is 4.81. The molecule has 0 radical (unpaired) electrons. The molecule has 1 amide bonds. The van der Waals surface area contributed by atoms with Gasteiger partial charge in [-0.25, -0.2) is 0 Å². The monoisotopic (exact) mass is 262 g/mol. The third-order valence-corrected chi connectivity index (χ3v) is 3.34. The Hall–Kier alpha value is -1.88. The summed E-state index contributed by atoms with van der Waals surface area (Å²) in [6, 6.07) is 7.19. The lowest BCUT2D eigenvalue weighted by molar-refractivity contribution is -0.126. The van der Waals surface area contributed by atoms with Crippen molar-refractivity contribution in [3.05, 3.63) is 29.8 Å². The van der Waals surface area contributed by atoms with Gasteiger partial charge in [-0.15, -0.1) is 0 Å². The summed E-state index contributed by atoms with van der Waals surface area (Å²) < 4.78 is 5.42. The molecule has 2 unspecified atom stereocenters. The van der Waals surface area contributed by atoms with Crippen molar-refractivity contribution in [1.82, 2.24) is 0 Å². The molecular formula is C14H18N2O3. The number of hydrogen-bond acceptors (Lipinski definition) is 4. The van der Waals surface area contributed by atoms with Crippen LogP contribution < -0.4 is 5.32 Å². The number of rotatable bonds is 3. The maximum Gasteiger partial charge on any atom is 0.253 e. The minimum absolute atomic E-state index is 0.124. The molecule has 2 atom stereocenters. The zero-order valence-electron chi connectivity index (χ0n) is 11.1. The van der Waals surface area contributed by atoms with Gasteiger partial charge in [0.05, 0.1) is 5.71 Å². The Balaban J connectivity index is 2.09. The Labute approximate surface area is 112 Å². The number of nitrogens with one attached hydrogen (secondary N) is 1. The normalized spacial score (nSPS) is 23.4. The van der Waals surface area contributed by atoms with Gasteiger partial charge >= 0.3 is 0 Å². The van der Waals surface area contributed by atoms with E-state index in [1.54, 1.807) is 25.1 Å². The fourth-order valence-corrected chi connectivity index (χ4v) is 2.12. The highest BCUT2D eigenvalue weighted by Crippen LogP contribution is 2.22. The van der Waals surface area contributed by atoms with Crippen LogP contribution in [-0.4, -0.2) is 29.5 Å². The van der Waals surface area contributed by atoms with E-state index in [9.17, 15) is 4.79 Å². The number of carbonyl (C=O) groups is 1. The molecule has 5 nitrogen and oxygen atoms in total. The Morgan fingerprint density at radius 1 is 1.53 bits per heavy atom. The first-order valence-corrected chi connectivity index (χ1v) is 6.33. The van der Waals surface area contributed by atoms with Gasteiger partial charge in [0.1, 0.15) is 6.10 Å². The fourth-order valence-electron chi connectivity index (χ4n) is 2.12. The van der Waals surface area contributed by atoms with Gasteiger partial charge in [-0.3, -0.25) is 4.79 Å². The number of hydrogen-bond donors (Lipinski definition) is 2. The van der Waals surface area contributed by atoms with Crippen LogP contribution in [0.3, 0.4) is 0 Å². The predicted octanol–water partition coefficient (Wildman–Crippen LogP) is 2.25. The van der Waals surface area contributed by atoms with E-state index < -0.39 is 0 Å². The first-order valence-electron chi connectivity index (χ1n) is 6.33. The number of oxime groups is 1. The summed E-state index contributed by atoms with van der Waals surface area (Å²) in [5, 5.41) is 14.7. The molecule has 0 bridgehead atoms. The van der Waals surface area contributed by atoms with Crippen molar-refractivity contribution in [3.63, 3.8) is 0 Å². The van der Waals surface area contributed by atoms with Crippen molar-refractivity contribution in [2.45, 2.75) is 26.4 Å². The average Bonchev–Trinajstić information content (AvgIpc) is 2.84. The number of amides is 1. The molecule has 19 heavy (non-hydrogen) atoms. The van der Waals surface area contributed by atoms with E-state index in [1.807, 2.05) is 13.0 Å². The molecule has 1 fully saturated rings. The zero-order valence-corrected chi connectivity index (χ0v) is 11.1. The van der Waals surface area contributed by atoms with E-state index in [0.29, 0.717) is 18.0 Å². The molecule has 102 valence electrons. The molecule has 1 heterocycles. The number of nitrogens with zero attached hydrogens (tertiary/aromatic N) is 1. The maximum absolute atomic E-state index is 12.1. The van der Waals surface area contributed by atoms with Gasteiger partial charge in [-0.1, -0.05) is 24.2 Å². The molecule has 1 aliphatic rings. The van der Waals surface area contributed by atoms with E-state index in [2.05, 4.69) is 10.5 Å². The Kier molecular flexibility index (Phi) is 4.16. The summed E-state index contributed by atoms with van der Waals surface area (Å²) in [6.45, 7) is 4.34. The molecule has 1 aromatic carbocycles. The summed E-state index contributed by atoms with van der Waals surface area (Å²) in [6.07, 6.45) is 0.533. The average molecular weight is 262 g/mol. The number of carbonyl (C=O) groups excluding carboxylic acids is 1. The van der Waals surface area contributed by atoms with Crippen LogP contribution in [0.15, 0.2) is 29.4 Å². The van der Waals surface area contributed by atoms with Gasteiger partial charge in [0.2, 0.25) is 0 Å². The van der Waals surface area contributed by atoms with Crippen molar-refractivity contribution >= 4 is 17.3 Å². The first kappa shape index (κ1) is 13.5. The summed E-state index contributed by atoms with van der Waals surface area (Å²) in [5.41, 5.74) is 1.94. The minimum Gasteiger partial charge on any atom is -0.411 e. The molecule has 2 N–H and O–H groups in total. The van der Waals surface area contributed by atoms with Crippen LogP contribution in [0, 0.1) is 5.92 Å². The van der Waals surface area contributed by atoms with Crippen molar-refractivity contribution in [1.29, 1.82) is 0 Å². The van der Waals surface area contributed by atoms with Crippen LogP contribution in [0.5, 0.6) is 0 Å².